The molecular weight excluding hydrogens is 347 g/mol. The van der Waals surface area contributed by atoms with Crippen molar-refractivity contribution in [3.05, 3.63) is 52.4 Å². The molecule has 0 bridgehead atoms. The zero-order valence-corrected chi connectivity index (χ0v) is 14.8. The maximum Gasteiger partial charge on any atom is 0.316 e. The number of ether oxygens (including phenoxy) is 1. The van der Waals surface area contributed by atoms with Crippen LogP contribution in [0.3, 0.4) is 0 Å². The first-order valence-electron chi connectivity index (χ1n) is 7.28. The van der Waals surface area contributed by atoms with Gasteiger partial charge in [-0.05, 0) is 37.1 Å². The lowest BCUT2D eigenvalue weighted by Crippen LogP contribution is -2.07. The molecule has 2 heterocycles. The summed E-state index contributed by atoms with van der Waals surface area (Å²) in [6.45, 7) is 4.14. The van der Waals surface area contributed by atoms with E-state index in [-0.39, 0.29) is 24.1 Å². The molecule has 0 aliphatic carbocycles. The molecule has 1 aromatic carbocycles. The number of thiophene rings is 1. The molecule has 0 aliphatic heterocycles. The number of nitrogens with zero attached hydrogens (tertiary/aromatic N) is 2. The maximum atomic E-state index is 13.1. The molecule has 0 amide bonds. The summed E-state index contributed by atoms with van der Waals surface area (Å²) in [5, 5.41) is 1.78. The van der Waals surface area contributed by atoms with Gasteiger partial charge in [-0.2, -0.15) is 0 Å². The smallest absolute Gasteiger partial charge is 0.316 e. The Morgan fingerprint density at radius 2 is 2.17 bits per heavy atom. The van der Waals surface area contributed by atoms with E-state index in [1.807, 2.05) is 13.8 Å². The number of hydrogen-bond donors (Lipinski definition) is 0. The fourth-order valence-electron chi connectivity index (χ4n) is 2.22. The molecule has 3 rings (SSSR count). The Bertz CT molecular complexity index is 895. The Morgan fingerprint density at radius 3 is 2.96 bits per heavy atom. The number of carbonyl (C=O) groups excluding carboxylic acids is 1. The van der Waals surface area contributed by atoms with E-state index < -0.39 is 0 Å². The third-order valence-corrected chi connectivity index (χ3v) is 5.62. The van der Waals surface area contributed by atoms with Crippen LogP contribution in [0.25, 0.3) is 10.2 Å². The quantitative estimate of drug-likeness (QED) is 0.385. The molecule has 0 spiro atoms. The van der Waals surface area contributed by atoms with Crippen LogP contribution in [0.4, 0.5) is 4.39 Å². The molecule has 3 aromatic rings. The molecule has 24 heavy (non-hydrogen) atoms. The Labute approximate surface area is 147 Å². The van der Waals surface area contributed by atoms with Gasteiger partial charge in [0.1, 0.15) is 28.6 Å². The van der Waals surface area contributed by atoms with Gasteiger partial charge in [0.15, 0.2) is 0 Å². The second-order valence-electron chi connectivity index (χ2n) is 5.22. The minimum absolute atomic E-state index is 0.0624. The highest BCUT2D eigenvalue weighted by molar-refractivity contribution is 8.00. The fraction of sp³-hybridized carbons (Fsp3) is 0.235. The van der Waals surface area contributed by atoms with E-state index in [0.29, 0.717) is 5.56 Å². The molecule has 0 saturated heterocycles. The van der Waals surface area contributed by atoms with E-state index in [0.717, 1.165) is 20.8 Å². The van der Waals surface area contributed by atoms with Crippen LogP contribution < -0.4 is 0 Å². The second kappa shape index (κ2) is 7.27. The summed E-state index contributed by atoms with van der Waals surface area (Å²) in [6.07, 6.45) is 1.51. The van der Waals surface area contributed by atoms with Gasteiger partial charge in [-0.1, -0.05) is 23.9 Å². The average molecular weight is 362 g/mol. The average Bonchev–Trinajstić information content (AvgIpc) is 2.86. The van der Waals surface area contributed by atoms with Crippen molar-refractivity contribution in [2.75, 3.05) is 5.75 Å². The first-order chi connectivity index (χ1) is 11.5. The molecular formula is C17H15FN2O2S2. The van der Waals surface area contributed by atoms with E-state index in [4.69, 9.17) is 4.74 Å². The van der Waals surface area contributed by atoms with Crippen LogP contribution in [0.1, 0.15) is 16.0 Å². The molecule has 2 aromatic heterocycles. The Kier molecular flexibility index (Phi) is 5.11. The highest BCUT2D eigenvalue weighted by Gasteiger charge is 2.14. The van der Waals surface area contributed by atoms with Crippen molar-refractivity contribution in [2.24, 2.45) is 0 Å². The van der Waals surface area contributed by atoms with Crippen LogP contribution in [0.2, 0.25) is 0 Å². The normalized spacial score (nSPS) is 11.0. The SMILES string of the molecule is Cc1sc2ncnc(SCC(=O)OCc3cccc(F)c3)c2c1C. The third kappa shape index (κ3) is 3.73. The van der Waals surface area contributed by atoms with Gasteiger partial charge < -0.3 is 4.74 Å². The predicted molar refractivity (Wildman–Crippen MR) is 93.8 cm³/mol. The number of aryl methyl sites for hydroxylation is 2. The largest absolute Gasteiger partial charge is 0.460 e. The van der Waals surface area contributed by atoms with Crippen LogP contribution in [-0.2, 0) is 16.1 Å². The topological polar surface area (TPSA) is 52.1 Å². The molecule has 0 N–H and O–H groups in total. The first-order valence-corrected chi connectivity index (χ1v) is 9.08. The van der Waals surface area contributed by atoms with Crippen LogP contribution in [-0.4, -0.2) is 21.7 Å². The molecule has 124 valence electrons. The predicted octanol–water partition coefficient (Wildman–Crippen LogP) is 4.28. The Morgan fingerprint density at radius 1 is 1.33 bits per heavy atom. The summed E-state index contributed by atoms with van der Waals surface area (Å²) in [4.78, 5) is 22.6. The number of benzene rings is 1. The van der Waals surface area contributed by atoms with E-state index >= 15 is 0 Å². The van der Waals surface area contributed by atoms with Gasteiger partial charge in [-0.25, -0.2) is 14.4 Å². The molecule has 0 saturated carbocycles. The lowest BCUT2D eigenvalue weighted by molar-refractivity contribution is -0.141. The molecule has 4 nitrogen and oxygen atoms in total. The molecule has 0 fully saturated rings. The number of thioether (sulfide) groups is 1. The van der Waals surface area contributed by atoms with E-state index in [1.165, 1.54) is 35.1 Å². The van der Waals surface area contributed by atoms with Gasteiger partial charge in [0.05, 0.1) is 5.75 Å². The van der Waals surface area contributed by atoms with Gasteiger partial charge in [-0.3, -0.25) is 4.79 Å². The van der Waals surface area contributed by atoms with Crippen molar-refractivity contribution in [3.8, 4) is 0 Å². The summed E-state index contributed by atoms with van der Waals surface area (Å²) in [5.74, 6) is -0.555. The van der Waals surface area contributed by atoms with Crippen LogP contribution in [0.5, 0.6) is 0 Å². The molecule has 0 atom stereocenters. The number of esters is 1. The lowest BCUT2D eigenvalue weighted by Gasteiger charge is -2.06. The standard InChI is InChI=1S/C17H15FN2O2S2/c1-10-11(2)24-17-15(10)16(19-9-20-17)23-8-14(21)22-7-12-4-3-5-13(18)6-12/h3-6,9H,7-8H2,1-2H3. The van der Waals surface area contributed by atoms with Crippen LogP contribution >= 0.6 is 23.1 Å². The van der Waals surface area contributed by atoms with Crippen molar-refractivity contribution in [2.45, 2.75) is 25.5 Å². The molecule has 0 aliphatic rings. The number of halogens is 1. The van der Waals surface area contributed by atoms with Crippen LogP contribution in [0.15, 0.2) is 35.6 Å². The monoisotopic (exact) mass is 362 g/mol. The zero-order chi connectivity index (χ0) is 17.1. The third-order valence-electron chi connectivity index (χ3n) is 3.55. The van der Waals surface area contributed by atoms with Gasteiger partial charge in [0, 0.05) is 10.3 Å². The number of fused-ring (bicyclic) bond motifs is 1. The van der Waals surface area contributed by atoms with Gasteiger partial charge in [0.2, 0.25) is 0 Å². The summed E-state index contributed by atoms with van der Waals surface area (Å²) < 4.78 is 18.3. The molecule has 0 radical (unpaired) electrons. The van der Waals surface area contributed by atoms with Gasteiger partial charge in [-0.15, -0.1) is 11.3 Å². The van der Waals surface area contributed by atoms with Gasteiger partial charge >= 0.3 is 5.97 Å². The summed E-state index contributed by atoms with van der Waals surface area (Å²) in [7, 11) is 0. The van der Waals surface area contributed by atoms with Crippen molar-refractivity contribution in [1.29, 1.82) is 0 Å². The van der Waals surface area contributed by atoms with E-state index in [2.05, 4.69) is 9.97 Å². The van der Waals surface area contributed by atoms with Gasteiger partial charge in [0.25, 0.3) is 0 Å². The number of aromatic nitrogens is 2. The highest BCUT2D eigenvalue weighted by atomic mass is 32.2. The van der Waals surface area contributed by atoms with Crippen LogP contribution in [0, 0.1) is 19.7 Å². The van der Waals surface area contributed by atoms with Crippen molar-refractivity contribution in [1.82, 2.24) is 9.97 Å². The summed E-state index contributed by atoms with van der Waals surface area (Å²) >= 11 is 2.95. The number of carbonyl (C=O) groups is 1. The first kappa shape index (κ1) is 16.9. The van der Waals surface area contributed by atoms with Crippen molar-refractivity contribution < 1.29 is 13.9 Å². The zero-order valence-electron chi connectivity index (χ0n) is 13.2. The highest BCUT2D eigenvalue weighted by Crippen LogP contribution is 2.34. The number of rotatable bonds is 5. The van der Waals surface area contributed by atoms with Crippen molar-refractivity contribution >= 4 is 39.3 Å². The lowest BCUT2D eigenvalue weighted by atomic mass is 10.2. The summed E-state index contributed by atoms with van der Waals surface area (Å²) in [5.41, 5.74) is 1.77. The minimum atomic E-state index is -0.361. The Hall–Kier alpha value is -1.99. The van der Waals surface area contributed by atoms with E-state index in [9.17, 15) is 9.18 Å². The Balaban J connectivity index is 1.62. The second-order valence-corrected chi connectivity index (χ2v) is 7.39. The van der Waals surface area contributed by atoms with E-state index in [1.54, 1.807) is 23.5 Å². The van der Waals surface area contributed by atoms with Crippen molar-refractivity contribution in [3.63, 3.8) is 0 Å². The minimum Gasteiger partial charge on any atom is -0.460 e. The fourth-order valence-corrected chi connectivity index (χ4v) is 4.13. The maximum absolute atomic E-state index is 13.1. The summed E-state index contributed by atoms with van der Waals surface area (Å²) in [6, 6.07) is 6.01. The molecule has 7 heteroatoms. The molecule has 0 unspecified atom stereocenters. The number of hydrogen-bond acceptors (Lipinski definition) is 6.